The molecule has 3 aromatic rings. The number of aromatic nitrogens is 3. The topological polar surface area (TPSA) is 87.5 Å². The third-order valence-corrected chi connectivity index (χ3v) is 5.34. The first-order valence-electron chi connectivity index (χ1n) is 10.5. The van der Waals surface area contributed by atoms with Gasteiger partial charge in [0.05, 0.1) is 11.4 Å². The second-order valence-corrected chi connectivity index (χ2v) is 8.19. The highest BCUT2D eigenvalue weighted by Crippen LogP contribution is 2.34. The molecule has 0 radical (unpaired) electrons. The van der Waals surface area contributed by atoms with Gasteiger partial charge in [-0.25, -0.2) is 9.67 Å². The van der Waals surface area contributed by atoms with Crippen molar-refractivity contribution < 1.29 is 19.0 Å². The van der Waals surface area contributed by atoms with Crippen LogP contribution in [0.25, 0.3) is 11.0 Å². The first-order chi connectivity index (χ1) is 14.8. The van der Waals surface area contributed by atoms with Crippen molar-refractivity contribution >= 4 is 16.9 Å². The number of pyridine rings is 1. The Balaban J connectivity index is 1.48. The van der Waals surface area contributed by atoms with Crippen molar-refractivity contribution in [2.75, 3.05) is 19.8 Å². The monoisotopic (exact) mass is 424 g/mol. The lowest BCUT2D eigenvalue weighted by atomic mass is 9.95. The highest BCUT2D eigenvalue weighted by Gasteiger charge is 2.22. The number of rotatable bonds is 6. The zero-order valence-corrected chi connectivity index (χ0v) is 18.6. The molecule has 1 atom stereocenters. The molecule has 1 N–H and O–H groups in total. The van der Waals surface area contributed by atoms with Gasteiger partial charge in [-0.3, -0.25) is 4.79 Å². The smallest absolute Gasteiger partial charge is 0.258 e. The van der Waals surface area contributed by atoms with Crippen LogP contribution >= 0.6 is 0 Å². The summed E-state index contributed by atoms with van der Waals surface area (Å²) < 4.78 is 18.8. The molecule has 0 saturated carbocycles. The number of ether oxygens (including phenoxy) is 3. The molecule has 1 unspecified atom stereocenters. The van der Waals surface area contributed by atoms with Gasteiger partial charge in [0.1, 0.15) is 13.2 Å². The van der Waals surface area contributed by atoms with E-state index in [9.17, 15) is 4.79 Å². The van der Waals surface area contributed by atoms with E-state index in [1.54, 1.807) is 4.68 Å². The van der Waals surface area contributed by atoms with Crippen LogP contribution in [0.4, 0.5) is 0 Å². The predicted molar refractivity (Wildman–Crippen MR) is 117 cm³/mol. The maximum absolute atomic E-state index is 12.7. The lowest BCUT2D eigenvalue weighted by molar-refractivity contribution is -0.124. The van der Waals surface area contributed by atoms with Gasteiger partial charge in [-0.1, -0.05) is 19.9 Å². The fourth-order valence-corrected chi connectivity index (χ4v) is 3.89. The first-order valence-corrected chi connectivity index (χ1v) is 10.5. The molecule has 0 bridgehead atoms. The van der Waals surface area contributed by atoms with Crippen LogP contribution in [0.2, 0.25) is 0 Å². The molecule has 1 aliphatic rings. The molecular weight excluding hydrogens is 396 g/mol. The fourth-order valence-electron chi connectivity index (χ4n) is 3.89. The van der Waals surface area contributed by atoms with Gasteiger partial charge in [-0.05, 0) is 49.1 Å². The molecule has 2 aromatic heterocycles. The van der Waals surface area contributed by atoms with Gasteiger partial charge in [0.25, 0.3) is 5.91 Å². The van der Waals surface area contributed by atoms with Crippen LogP contribution in [0.1, 0.15) is 36.7 Å². The number of aryl methyl sites for hydroxylation is 3. The Bertz CT molecular complexity index is 1120. The number of carbonyl (C=O) groups excluding carboxylic acids is 1. The minimum Gasteiger partial charge on any atom is -0.486 e. The number of benzene rings is 1. The molecule has 8 nitrogen and oxygen atoms in total. The molecular formula is C23H28N4O4. The van der Waals surface area contributed by atoms with Gasteiger partial charge < -0.3 is 19.5 Å². The van der Waals surface area contributed by atoms with Gasteiger partial charge >= 0.3 is 0 Å². The standard InChI is InChI=1S/C23H28N4O4/c1-13(2)21(16-6-7-17-18(11-16)30-9-8-29-17)25-19(28)12-31-23-20-14(3)10-15(4)24-22(20)27(5)26-23/h6-7,10-11,13,21H,8-9,12H2,1-5H3,(H,25,28). The number of carbonyl (C=O) groups is 1. The van der Waals surface area contributed by atoms with E-state index < -0.39 is 0 Å². The third-order valence-electron chi connectivity index (χ3n) is 5.34. The predicted octanol–water partition coefficient (Wildman–Crippen LogP) is 3.25. The lowest BCUT2D eigenvalue weighted by Gasteiger charge is -2.25. The average Bonchev–Trinajstić information content (AvgIpc) is 3.05. The van der Waals surface area contributed by atoms with Crippen LogP contribution in [-0.4, -0.2) is 40.5 Å². The van der Waals surface area contributed by atoms with Gasteiger partial charge in [0.2, 0.25) is 5.88 Å². The van der Waals surface area contributed by atoms with Gasteiger partial charge in [0, 0.05) is 12.7 Å². The highest BCUT2D eigenvalue weighted by atomic mass is 16.6. The molecule has 164 valence electrons. The van der Waals surface area contributed by atoms with E-state index >= 15 is 0 Å². The van der Waals surface area contributed by atoms with E-state index in [0.717, 1.165) is 33.6 Å². The first kappa shape index (κ1) is 21.0. The fraction of sp³-hybridized carbons (Fsp3) is 0.435. The van der Waals surface area contributed by atoms with E-state index in [4.69, 9.17) is 14.2 Å². The SMILES string of the molecule is Cc1cc(C)c2c(OCC(=O)NC(c3ccc4c(c3)OCCO4)C(C)C)nn(C)c2n1. The maximum Gasteiger partial charge on any atom is 0.258 e. The van der Waals surface area contributed by atoms with Crippen molar-refractivity contribution in [3.63, 3.8) is 0 Å². The minimum absolute atomic E-state index is 0.132. The summed E-state index contributed by atoms with van der Waals surface area (Å²) in [5.41, 5.74) is 3.63. The van der Waals surface area contributed by atoms with Crippen LogP contribution in [-0.2, 0) is 11.8 Å². The largest absolute Gasteiger partial charge is 0.486 e. The molecule has 0 fully saturated rings. The molecule has 1 aromatic carbocycles. The van der Waals surface area contributed by atoms with Crippen LogP contribution in [0.5, 0.6) is 17.4 Å². The molecule has 4 rings (SSSR count). The summed E-state index contributed by atoms with van der Waals surface area (Å²) in [4.78, 5) is 17.3. The number of amides is 1. The van der Waals surface area contributed by atoms with Crippen LogP contribution in [0.15, 0.2) is 24.3 Å². The highest BCUT2D eigenvalue weighted by molar-refractivity contribution is 5.85. The molecule has 0 saturated heterocycles. The van der Waals surface area contributed by atoms with Crippen molar-refractivity contribution in [2.24, 2.45) is 13.0 Å². The summed E-state index contributed by atoms with van der Waals surface area (Å²) >= 11 is 0. The number of fused-ring (bicyclic) bond motifs is 2. The number of hydrogen-bond acceptors (Lipinski definition) is 6. The summed E-state index contributed by atoms with van der Waals surface area (Å²) in [6.45, 7) is 8.99. The quantitative estimate of drug-likeness (QED) is 0.654. The van der Waals surface area contributed by atoms with E-state index in [1.807, 2.05) is 45.2 Å². The second-order valence-electron chi connectivity index (χ2n) is 8.19. The molecule has 8 heteroatoms. The Morgan fingerprint density at radius 1 is 1.19 bits per heavy atom. The van der Waals surface area contributed by atoms with Crippen molar-refractivity contribution in [1.29, 1.82) is 0 Å². The van der Waals surface area contributed by atoms with Crippen LogP contribution in [0, 0.1) is 19.8 Å². The molecule has 1 amide bonds. The summed E-state index contributed by atoms with van der Waals surface area (Å²) in [5, 5.41) is 8.31. The van der Waals surface area contributed by atoms with Crippen molar-refractivity contribution in [2.45, 2.75) is 33.7 Å². The zero-order valence-electron chi connectivity index (χ0n) is 18.6. The molecule has 1 aliphatic heterocycles. The van der Waals surface area contributed by atoms with Gasteiger partial charge in [0.15, 0.2) is 23.8 Å². The van der Waals surface area contributed by atoms with E-state index in [-0.39, 0.29) is 24.5 Å². The lowest BCUT2D eigenvalue weighted by Crippen LogP contribution is -2.35. The normalized spacial score (nSPS) is 14.0. The Kier molecular flexibility index (Phi) is 5.71. The van der Waals surface area contributed by atoms with Crippen molar-refractivity contribution in [3.05, 3.63) is 41.1 Å². The molecule has 31 heavy (non-hydrogen) atoms. The number of hydrogen-bond donors (Lipinski definition) is 1. The number of nitrogens with one attached hydrogen (secondary N) is 1. The van der Waals surface area contributed by atoms with Gasteiger partial charge in [-0.15, -0.1) is 5.10 Å². The Morgan fingerprint density at radius 2 is 1.94 bits per heavy atom. The van der Waals surface area contributed by atoms with E-state index in [2.05, 4.69) is 29.2 Å². The van der Waals surface area contributed by atoms with E-state index in [0.29, 0.717) is 24.8 Å². The summed E-state index contributed by atoms with van der Waals surface area (Å²) in [6, 6.07) is 7.58. The Hall–Kier alpha value is -3.29. The Morgan fingerprint density at radius 3 is 2.68 bits per heavy atom. The average molecular weight is 425 g/mol. The zero-order chi connectivity index (χ0) is 22.1. The van der Waals surface area contributed by atoms with Crippen molar-refractivity contribution in [1.82, 2.24) is 20.1 Å². The van der Waals surface area contributed by atoms with Crippen LogP contribution < -0.4 is 19.5 Å². The van der Waals surface area contributed by atoms with E-state index in [1.165, 1.54) is 0 Å². The van der Waals surface area contributed by atoms with Crippen LogP contribution in [0.3, 0.4) is 0 Å². The third kappa shape index (κ3) is 4.28. The molecule has 0 aliphatic carbocycles. The molecule has 0 spiro atoms. The second kappa shape index (κ2) is 8.45. The molecule has 3 heterocycles. The van der Waals surface area contributed by atoms with Gasteiger partial charge in [-0.2, -0.15) is 0 Å². The minimum atomic E-state index is -0.217. The summed E-state index contributed by atoms with van der Waals surface area (Å²) in [5.74, 6) is 1.81. The summed E-state index contributed by atoms with van der Waals surface area (Å²) in [7, 11) is 1.82. The summed E-state index contributed by atoms with van der Waals surface area (Å²) in [6.07, 6.45) is 0. The maximum atomic E-state index is 12.7. The Labute approximate surface area is 181 Å². The van der Waals surface area contributed by atoms with Crippen molar-refractivity contribution in [3.8, 4) is 17.4 Å². The number of nitrogens with zero attached hydrogens (tertiary/aromatic N) is 3.